The number of aliphatic carboxylic acids is 1. The Morgan fingerprint density at radius 2 is 2.21 bits per heavy atom. The second-order valence-electron chi connectivity index (χ2n) is 4.35. The van der Waals surface area contributed by atoms with Gasteiger partial charge in [-0.15, -0.1) is 0 Å². The monoisotopic (exact) mass is 279 g/mol. The standard InChI is InChI=1S/C14H17NO3S/c1-19-7-6-15(10-14(16)17)9-12-8-11-4-2-3-5-13(11)18-12/h2-5,8H,6-7,9-10H2,1H3,(H,16,17). The summed E-state index contributed by atoms with van der Waals surface area (Å²) in [4.78, 5) is 12.7. The minimum atomic E-state index is -0.808. The SMILES string of the molecule is CSCCN(CC(=O)O)Cc1cc2ccccc2o1. The van der Waals surface area contributed by atoms with Gasteiger partial charge in [0.05, 0.1) is 13.1 Å². The lowest BCUT2D eigenvalue weighted by molar-refractivity contribution is -0.138. The van der Waals surface area contributed by atoms with E-state index < -0.39 is 5.97 Å². The molecular weight excluding hydrogens is 262 g/mol. The second kappa shape index (κ2) is 6.63. The van der Waals surface area contributed by atoms with Crippen LogP contribution in [0.15, 0.2) is 34.7 Å². The van der Waals surface area contributed by atoms with Gasteiger partial charge in [-0.05, 0) is 18.4 Å². The summed E-state index contributed by atoms with van der Waals surface area (Å²) in [6.07, 6.45) is 2.01. The predicted molar refractivity (Wildman–Crippen MR) is 77.5 cm³/mol. The maximum atomic E-state index is 10.9. The number of para-hydroxylation sites is 1. The molecule has 0 radical (unpaired) electrons. The molecule has 1 aromatic carbocycles. The first kappa shape index (κ1) is 14.0. The summed E-state index contributed by atoms with van der Waals surface area (Å²) >= 11 is 1.71. The van der Waals surface area contributed by atoms with Gasteiger partial charge < -0.3 is 9.52 Å². The van der Waals surface area contributed by atoms with E-state index in [0.29, 0.717) is 6.54 Å². The molecule has 1 N–H and O–H groups in total. The molecule has 0 unspecified atom stereocenters. The molecule has 1 heterocycles. The smallest absolute Gasteiger partial charge is 0.317 e. The third-order valence-electron chi connectivity index (χ3n) is 2.83. The van der Waals surface area contributed by atoms with Gasteiger partial charge in [-0.3, -0.25) is 9.69 Å². The zero-order valence-electron chi connectivity index (χ0n) is 10.8. The van der Waals surface area contributed by atoms with Gasteiger partial charge in [0.1, 0.15) is 11.3 Å². The van der Waals surface area contributed by atoms with E-state index in [1.54, 1.807) is 11.8 Å². The summed E-state index contributed by atoms with van der Waals surface area (Å²) in [5.41, 5.74) is 0.845. The molecule has 4 nitrogen and oxygen atoms in total. The van der Waals surface area contributed by atoms with Crippen LogP contribution in [0.25, 0.3) is 11.0 Å². The highest BCUT2D eigenvalue weighted by Crippen LogP contribution is 2.20. The van der Waals surface area contributed by atoms with Gasteiger partial charge in [0, 0.05) is 17.7 Å². The van der Waals surface area contributed by atoms with Crippen LogP contribution in [0.1, 0.15) is 5.76 Å². The van der Waals surface area contributed by atoms with E-state index in [0.717, 1.165) is 29.0 Å². The fraction of sp³-hybridized carbons (Fsp3) is 0.357. The number of carboxylic acid groups (broad SMARTS) is 1. The molecule has 0 fully saturated rings. The van der Waals surface area contributed by atoms with Crippen molar-refractivity contribution in [3.8, 4) is 0 Å². The number of hydrogen-bond acceptors (Lipinski definition) is 4. The Kier molecular flexibility index (Phi) is 4.87. The summed E-state index contributed by atoms with van der Waals surface area (Å²) < 4.78 is 5.72. The lowest BCUT2D eigenvalue weighted by Gasteiger charge is -2.18. The molecule has 19 heavy (non-hydrogen) atoms. The van der Waals surface area contributed by atoms with E-state index in [1.807, 2.05) is 41.5 Å². The third-order valence-corrected chi connectivity index (χ3v) is 3.42. The van der Waals surface area contributed by atoms with Crippen molar-refractivity contribution in [3.63, 3.8) is 0 Å². The van der Waals surface area contributed by atoms with Gasteiger partial charge in [0.25, 0.3) is 0 Å². The molecule has 0 aliphatic rings. The van der Waals surface area contributed by atoms with Crippen LogP contribution in [0, 0.1) is 0 Å². The molecular formula is C14H17NO3S. The van der Waals surface area contributed by atoms with Crippen molar-refractivity contribution in [1.29, 1.82) is 0 Å². The van der Waals surface area contributed by atoms with Gasteiger partial charge in [0.15, 0.2) is 0 Å². The number of rotatable bonds is 7. The molecule has 0 amide bonds. The van der Waals surface area contributed by atoms with Crippen molar-refractivity contribution in [2.24, 2.45) is 0 Å². The molecule has 5 heteroatoms. The number of carboxylic acids is 1. The molecule has 0 aliphatic heterocycles. The molecule has 0 aliphatic carbocycles. The summed E-state index contributed by atoms with van der Waals surface area (Å²) in [6, 6.07) is 9.78. The summed E-state index contributed by atoms with van der Waals surface area (Å²) in [6.45, 7) is 1.31. The first-order valence-corrected chi connectivity index (χ1v) is 7.49. The predicted octanol–water partition coefficient (Wildman–Crippen LogP) is 2.68. The third kappa shape index (κ3) is 4.01. The van der Waals surface area contributed by atoms with Crippen LogP contribution >= 0.6 is 11.8 Å². The van der Waals surface area contributed by atoms with Crippen molar-refractivity contribution in [1.82, 2.24) is 4.90 Å². The van der Waals surface area contributed by atoms with E-state index >= 15 is 0 Å². The van der Waals surface area contributed by atoms with Crippen molar-refractivity contribution in [3.05, 3.63) is 36.1 Å². The Morgan fingerprint density at radius 1 is 1.42 bits per heavy atom. The van der Waals surface area contributed by atoms with Crippen LogP contribution < -0.4 is 0 Å². The van der Waals surface area contributed by atoms with Crippen LogP contribution in [0.5, 0.6) is 0 Å². The van der Waals surface area contributed by atoms with E-state index in [-0.39, 0.29) is 6.54 Å². The van der Waals surface area contributed by atoms with Crippen LogP contribution in [0.4, 0.5) is 0 Å². The van der Waals surface area contributed by atoms with E-state index in [2.05, 4.69) is 0 Å². The quantitative estimate of drug-likeness (QED) is 0.844. The van der Waals surface area contributed by atoms with Crippen molar-refractivity contribution in [2.75, 3.05) is 25.1 Å². The van der Waals surface area contributed by atoms with E-state index in [9.17, 15) is 4.79 Å². The first-order chi connectivity index (χ1) is 9.19. The Hall–Kier alpha value is -1.46. The minimum absolute atomic E-state index is 0.0393. The summed E-state index contributed by atoms with van der Waals surface area (Å²) in [7, 11) is 0. The van der Waals surface area contributed by atoms with Crippen molar-refractivity contribution >= 4 is 28.7 Å². The number of hydrogen-bond donors (Lipinski definition) is 1. The number of thioether (sulfide) groups is 1. The molecule has 2 rings (SSSR count). The number of benzene rings is 1. The molecule has 2 aromatic rings. The highest BCUT2D eigenvalue weighted by molar-refractivity contribution is 7.98. The van der Waals surface area contributed by atoms with Crippen LogP contribution in [-0.4, -0.2) is 41.1 Å². The van der Waals surface area contributed by atoms with Gasteiger partial charge in [0.2, 0.25) is 0 Å². The Bertz CT molecular complexity index is 519. The fourth-order valence-electron chi connectivity index (χ4n) is 1.96. The van der Waals surface area contributed by atoms with Crippen LogP contribution in [-0.2, 0) is 11.3 Å². The fourth-order valence-corrected chi connectivity index (χ4v) is 2.40. The lowest BCUT2D eigenvalue weighted by atomic mass is 10.2. The highest BCUT2D eigenvalue weighted by atomic mass is 32.2. The number of nitrogens with zero attached hydrogens (tertiary/aromatic N) is 1. The number of furan rings is 1. The van der Waals surface area contributed by atoms with Gasteiger partial charge in [-0.25, -0.2) is 0 Å². The lowest BCUT2D eigenvalue weighted by Crippen LogP contribution is -2.31. The van der Waals surface area contributed by atoms with Gasteiger partial charge >= 0.3 is 5.97 Å². The molecule has 0 atom stereocenters. The Labute approximate surface area is 116 Å². The summed E-state index contributed by atoms with van der Waals surface area (Å²) in [5.74, 6) is 0.911. The second-order valence-corrected chi connectivity index (χ2v) is 5.33. The summed E-state index contributed by atoms with van der Waals surface area (Å²) in [5, 5.41) is 9.98. The average molecular weight is 279 g/mol. The highest BCUT2D eigenvalue weighted by Gasteiger charge is 2.12. The normalized spacial score (nSPS) is 11.3. The van der Waals surface area contributed by atoms with Gasteiger partial charge in [-0.1, -0.05) is 18.2 Å². The van der Waals surface area contributed by atoms with E-state index in [1.165, 1.54) is 0 Å². The average Bonchev–Trinajstić information content (AvgIpc) is 2.77. The van der Waals surface area contributed by atoms with Crippen LogP contribution in [0.3, 0.4) is 0 Å². The first-order valence-electron chi connectivity index (χ1n) is 6.09. The molecule has 0 saturated heterocycles. The Balaban J connectivity index is 2.08. The zero-order valence-corrected chi connectivity index (χ0v) is 11.7. The van der Waals surface area contributed by atoms with Crippen LogP contribution in [0.2, 0.25) is 0 Å². The van der Waals surface area contributed by atoms with Gasteiger partial charge in [-0.2, -0.15) is 11.8 Å². The maximum Gasteiger partial charge on any atom is 0.317 e. The molecule has 0 saturated carbocycles. The van der Waals surface area contributed by atoms with Crippen molar-refractivity contribution in [2.45, 2.75) is 6.54 Å². The topological polar surface area (TPSA) is 53.7 Å². The number of carbonyl (C=O) groups is 1. The Morgan fingerprint density at radius 3 is 2.89 bits per heavy atom. The van der Waals surface area contributed by atoms with Crippen molar-refractivity contribution < 1.29 is 14.3 Å². The number of fused-ring (bicyclic) bond motifs is 1. The minimum Gasteiger partial charge on any atom is -0.480 e. The zero-order chi connectivity index (χ0) is 13.7. The molecule has 102 valence electrons. The molecule has 1 aromatic heterocycles. The largest absolute Gasteiger partial charge is 0.480 e. The van der Waals surface area contributed by atoms with E-state index in [4.69, 9.17) is 9.52 Å². The molecule has 0 bridgehead atoms. The molecule has 0 spiro atoms. The maximum absolute atomic E-state index is 10.9.